The van der Waals surface area contributed by atoms with Crippen LogP contribution in [0.5, 0.6) is 0 Å². The van der Waals surface area contributed by atoms with E-state index in [0.29, 0.717) is 18.8 Å². The second kappa shape index (κ2) is 4.78. The van der Waals surface area contributed by atoms with Gasteiger partial charge in [-0.2, -0.15) is 0 Å². The Labute approximate surface area is 133 Å². The maximum Gasteiger partial charge on any atom is 0.178 e. The van der Waals surface area contributed by atoms with E-state index in [4.69, 9.17) is 0 Å². The van der Waals surface area contributed by atoms with Crippen molar-refractivity contribution in [1.29, 1.82) is 0 Å². The number of allylic oxidation sites excluding steroid dienone is 5. The number of hydrogen-bond donors (Lipinski definition) is 0. The van der Waals surface area contributed by atoms with Gasteiger partial charge in [-0.25, -0.2) is 0 Å². The van der Waals surface area contributed by atoms with Crippen molar-refractivity contribution in [1.82, 2.24) is 0 Å². The highest BCUT2D eigenvalue weighted by Crippen LogP contribution is 2.64. The van der Waals surface area contributed by atoms with Crippen molar-refractivity contribution in [2.75, 3.05) is 0 Å². The average Bonchev–Trinajstić information content (AvgIpc) is 2.44. The summed E-state index contributed by atoms with van der Waals surface area (Å²) >= 11 is 0. The molecule has 3 rings (SSSR count). The predicted octanol–water partition coefficient (Wildman–Crippen LogP) is 4.42. The Bertz CT molecular complexity index is 607. The van der Waals surface area contributed by atoms with Crippen LogP contribution in [0.2, 0.25) is 0 Å². The number of ketones is 2. The molecule has 0 aromatic heterocycles. The molecule has 2 saturated carbocycles. The zero-order chi connectivity index (χ0) is 16.2. The molecule has 3 aliphatic rings. The Hall–Kier alpha value is -1.44. The lowest BCUT2D eigenvalue weighted by Gasteiger charge is -2.59. The van der Waals surface area contributed by atoms with Gasteiger partial charge in [0.1, 0.15) is 5.78 Å². The maximum atomic E-state index is 13.1. The molecule has 3 aliphatic carbocycles. The molecule has 3 atom stereocenters. The molecule has 0 heterocycles. The second-order valence-corrected chi connectivity index (χ2v) is 8.20. The van der Waals surface area contributed by atoms with Crippen molar-refractivity contribution in [3.05, 3.63) is 36.5 Å². The van der Waals surface area contributed by atoms with Gasteiger partial charge >= 0.3 is 0 Å². The van der Waals surface area contributed by atoms with Crippen LogP contribution in [0, 0.1) is 22.2 Å². The van der Waals surface area contributed by atoms with Crippen LogP contribution in [0.15, 0.2) is 36.5 Å². The number of hydrogen-bond acceptors (Lipinski definition) is 2. The van der Waals surface area contributed by atoms with E-state index in [0.717, 1.165) is 24.8 Å². The first-order chi connectivity index (χ1) is 10.3. The molecule has 0 unspecified atom stereocenters. The molecule has 0 saturated heterocycles. The monoisotopic (exact) mass is 298 g/mol. The minimum Gasteiger partial charge on any atom is -0.298 e. The molecule has 2 fully saturated rings. The van der Waals surface area contributed by atoms with E-state index in [1.54, 1.807) is 12.2 Å². The number of fused-ring (bicyclic) bond motifs is 3. The van der Waals surface area contributed by atoms with Crippen LogP contribution in [0.25, 0.3) is 0 Å². The minimum atomic E-state index is -0.617. The first kappa shape index (κ1) is 15.5. The molecule has 2 nitrogen and oxygen atoms in total. The van der Waals surface area contributed by atoms with E-state index in [1.807, 2.05) is 12.2 Å². The number of carbonyl (C=O) groups excluding carboxylic acids is 2. The summed E-state index contributed by atoms with van der Waals surface area (Å²) in [5.41, 5.74) is 0.531. The zero-order valence-corrected chi connectivity index (χ0v) is 13.9. The molecule has 0 N–H and O–H groups in total. The molecule has 0 radical (unpaired) electrons. The number of Topliss-reactive ketones (excluding diaryl/α,β-unsaturated/α-hetero) is 1. The Morgan fingerprint density at radius 2 is 2.00 bits per heavy atom. The van der Waals surface area contributed by atoms with Crippen LogP contribution < -0.4 is 0 Å². The molecule has 0 spiro atoms. The fourth-order valence-electron chi connectivity index (χ4n) is 5.38. The summed E-state index contributed by atoms with van der Waals surface area (Å²) in [4.78, 5) is 25.1. The van der Waals surface area contributed by atoms with Gasteiger partial charge in [0.15, 0.2) is 5.78 Å². The third-order valence-corrected chi connectivity index (χ3v) is 6.50. The van der Waals surface area contributed by atoms with Crippen molar-refractivity contribution in [3.8, 4) is 0 Å². The van der Waals surface area contributed by atoms with Crippen LogP contribution in [0.3, 0.4) is 0 Å². The SMILES string of the molecule is C=CC[C@]12C=CC(=O)C=C1[C@]1(C)CCCC(C)(C)[C@H]1CC2=O. The number of rotatable bonds is 2. The van der Waals surface area contributed by atoms with Crippen molar-refractivity contribution < 1.29 is 9.59 Å². The highest BCUT2D eigenvalue weighted by molar-refractivity contribution is 6.05. The van der Waals surface area contributed by atoms with Crippen LogP contribution >= 0.6 is 0 Å². The van der Waals surface area contributed by atoms with Gasteiger partial charge in [0.05, 0.1) is 5.41 Å². The molecular formula is C20H26O2. The lowest BCUT2D eigenvalue weighted by molar-refractivity contribution is -0.135. The van der Waals surface area contributed by atoms with Crippen LogP contribution in [0.4, 0.5) is 0 Å². The van der Waals surface area contributed by atoms with E-state index < -0.39 is 5.41 Å². The summed E-state index contributed by atoms with van der Waals surface area (Å²) in [5.74, 6) is 0.609. The van der Waals surface area contributed by atoms with Crippen molar-refractivity contribution in [3.63, 3.8) is 0 Å². The van der Waals surface area contributed by atoms with Gasteiger partial charge in [0.2, 0.25) is 0 Å². The van der Waals surface area contributed by atoms with Gasteiger partial charge in [0.25, 0.3) is 0 Å². The summed E-state index contributed by atoms with van der Waals surface area (Å²) in [6, 6.07) is 0. The molecule has 22 heavy (non-hydrogen) atoms. The summed E-state index contributed by atoms with van der Waals surface area (Å²) < 4.78 is 0. The summed E-state index contributed by atoms with van der Waals surface area (Å²) in [7, 11) is 0. The fourth-order valence-corrected chi connectivity index (χ4v) is 5.38. The van der Waals surface area contributed by atoms with Gasteiger partial charge in [-0.3, -0.25) is 9.59 Å². The standard InChI is InChI=1S/C20H26O2/c1-5-8-20-11-7-14(21)12-16(20)19(4)10-6-9-18(2,3)15(19)13-17(20)22/h5,7,11-12,15H,1,6,8-10,13H2,2-4H3/t15-,19-,20+/m1/s1. The highest BCUT2D eigenvalue weighted by atomic mass is 16.1. The van der Waals surface area contributed by atoms with Gasteiger partial charge in [-0.15, -0.1) is 6.58 Å². The Morgan fingerprint density at radius 3 is 2.68 bits per heavy atom. The first-order valence-electron chi connectivity index (χ1n) is 8.36. The molecule has 0 bridgehead atoms. The molecule has 2 heteroatoms. The summed E-state index contributed by atoms with van der Waals surface area (Å²) in [6.07, 6.45) is 11.6. The normalized spacial score (nSPS) is 39.8. The molecular weight excluding hydrogens is 272 g/mol. The smallest absolute Gasteiger partial charge is 0.178 e. The third-order valence-electron chi connectivity index (χ3n) is 6.50. The Morgan fingerprint density at radius 1 is 1.27 bits per heavy atom. The van der Waals surface area contributed by atoms with E-state index >= 15 is 0 Å². The third kappa shape index (κ3) is 1.92. The first-order valence-corrected chi connectivity index (χ1v) is 8.36. The van der Waals surface area contributed by atoms with Crippen LogP contribution in [-0.4, -0.2) is 11.6 Å². The molecule has 0 aromatic carbocycles. The van der Waals surface area contributed by atoms with E-state index in [9.17, 15) is 9.59 Å². The van der Waals surface area contributed by atoms with E-state index in [1.165, 1.54) is 0 Å². The van der Waals surface area contributed by atoms with Crippen molar-refractivity contribution in [2.24, 2.45) is 22.2 Å². The molecule has 118 valence electrons. The molecule has 0 aliphatic heterocycles. The van der Waals surface area contributed by atoms with Gasteiger partial charge in [-0.05, 0) is 53.7 Å². The second-order valence-electron chi connectivity index (χ2n) is 8.20. The lowest BCUT2D eigenvalue weighted by Crippen LogP contribution is -2.55. The minimum absolute atomic E-state index is 0.0211. The average molecular weight is 298 g/mol. The topological polar surface area (TPSA) is 34.1 Å². The van der Waals surface area contributed by atoms with Crippen molar-refractivity contribution in [2.45, 2.75) is 52.9 Å². The zero-order valence-electron chi connectivity index (χ0n) is 13.9. The van der Waals surface area contributed by atoms with E-state index in [-0.39, 0.29) is 22.4 Å². The van der Waals surface area contributed by atoms with Crippen LogP contribution in [0.1, 0.15) is 52.9 Å². The highest BCUT2D eigenvalue weighted by Gasteiger charge is 2.59. The van der Waals surface area contributed by atoms with E-state index in [2.05, 4.69) is 27.4 Å². The predicted molar refractivity (Wildman–Crippen MR) is 88.3 cm³/mol. The molecule has 0 amide bonds. The number of carbonyl (C=O) groups is 2. The Kier molecular flexibility index (Phi) is 3.36. The lowest BCUT2D eigenvalue weighted by atomic mass is 9.44. The summed E-state index contributed by atoms with van der Waals surface area (Å²) in [6.45, 7) is 10.7. The fraction of sp³-hybridized carbons (Fsp3) is 0.600. The maximum absolute atomic E-state index is 13.1. The van der Waals surface area contributed by atoms with Gasteiger partial charge < -0.3 is 0 Å². The largest absolute Gasteiger partial charge is 0.298 e. The van der Waals surface area contributed by atoms with Crippen LogP contribution in [-0.2, 0) is 9.59 Å². The van der Waals surface area contributed by atoms with Gasteiger partial charge in [0, 0.05) is 6.42 Å². The quantitative estimate of drug-likeness (QED) is 0.707. The van der Waals surface area contributed by atoms with Gasteiger partial charge in [-0.1, -0.05) is 39.3 Å². The van der Waals surface area contributed by atoms with Crippen molar-refractivity contribution >= 4 is 11.6 Å². The summed E-state index contributed by atoms with van der Waals surface area (Å²) in [5, 5.41) is 0. The molecule has 0 aromatic rings. The Balaban J connectivity index is 2.19.